The van der Waals surface area contributed by atoms with Crippen LogP contribution >= 0.6 is 0 Å². The summed E-state index contributed by atoms with van der Waals surface area (Å²) in [7, 11) is -3.38. The molecule has 2 aromatic carbocycles. The number of hydrogen-bond acceptors (Lipinski definition) is 5. The minimum absolute atomic E-state index is 0.101. The Balaban J connectivity index is 1.91. The van der Waals surface area contributed by atoms with E-state index in [1.165, 1.54) is 22.8 Å². The zero-order valence-electron chi connectivity index (χ0n) is 13.6. The Labute approximate surface area is 143 Å². The number of oxazole rings is 1. The van der Waals surface area contributed by atoms with Crippen molar-refractivity contribution in [1.29, 1.82) is 0 Å². The van der Waals surface area contributed by atoms with Crippen LogP contribution in [0.2, 0.25) is 0 Å². The quantitative estimate of drug-likeness (QED) is 0.769. The number of anilines is 1. The van der Waals surface area contributed by atoms with E-state index < -0.39 is 27.5 Å². The van der Waals surface area contributed by atoms with Crippen molar-refractivity contribution < 1.29 is 17.6 Å². The number of amides is 1. The highest BCUT2D eigenvalue weighted by atomic mass is 32.2. The van der Waals surface area contributed by atoms with Gasteiger partial charge in [-0.05, 0) is 37.3 Å². The molecule has 130 valence electrons. The smallest absolute Gasteiger partial charge is 0.408 e. The van der Waals surface area contributed by atoms with Gasteiger partial charge >= 0.3 is 5.76 Å². The maximum Gasteiger partial charge on any atom is 0.420 e. The molecular formula is C17H16N2O5S. The van der Waals surface area contributed by atoms with Gasteiger partial charge in [0, 0.05) is 11.9 Å². The van der Waals surface area contributed by atoms with Gasteiger partial charge in [0.25, 0.3) is 0 Å². The fraction of sp³-hybridized carbons (Fsp3) is 0.176. The highest BCUT2D eigenvalue weighted by molar-refractivity contribution is 7.90. The largest absolute Gasteiger partial charge is 0.420 e. The molecule has 25 heavy (non-hydrogen) atoms. The molecule has 0 spiro atoms. The first-order valence-corrected chi connectivity index (χ1v) is 9.37. The monoisotopic (exact) mass is 360 g/mol. The van der Waals surface area contributed by atoms with E-state index in [1.54, 1.807) is 37.3 Å². The fourth-order valence-electron chi connectivity index (χ4n) is 2.52. The molecule has 0 radical (unpaired) electrons. The molecule has 0 saturated heterocycles. The summed E-state index contributed by atoms with van der Waals surface area (Å²) in [6.45, 7) is 1.57. The molecule has 0 aliphatic heterocycles. The van der Waals surface area contributed by atoms with Gasteiger partial charge < -0.3 is 9.73 Å². The first-order chi connectivity index (χ1) is 11.8. The molecule has 0 fully saturated rings. The maximum absolute atomic E-state index is 12.5. The summed E-state index contributed by atoms with van der Waals surface area (Å²) in [5, 5.41) is 2.63. The summed E-state index contributed by atoms with van der Waals surface area (Å²) >= 11 is 0. The summed E-state index contributed by atoms with van der Waals surface area (Å²) in [6, 6.07) is 11.9. The molecule has 1 amide bonds. The van der Waals surface area contributed by atoms with Crippen molar-refractivity contribution in [3.8, 4) is 0 Å². The van der Waals surface area contributed by atoms with Crippen LogP contribution in [0.25, 0.3) is 11.1 Å². The standard InChI is InChI=1S/C17H16N2O5S/c1-11(19-14-8-3-4-9-15(14)24-17(19)21)16(20)18-12-6-5-7-13(10-12)25(2,22)23/h3-11H,1-2H3,(H,18,20). The average Bonchev–Trinajstić information content (AvgIpc) is 2.89. The fourth-order valence-corrected chi connectivity index (χ4v) is 3.19. The normalized spacial score (nSPS) is 12.9. The number of carbonyl (C=O) groups is 1. The van der Waals surface area contributed by atoms with Crippen LogP contribution in [-0.4, -0.2) is 25.1 Å². The zero-order valence-corrected chi connectivity index (χ0v) is 14.4. The molecule has 8 heteroatoms. The topological polar surface area (TPSA) is 98.4 Å². The number of nitrogens with zero attached hydrogens (tertiary/aromatic N) is 1. The predicted molar refractivity (Wildman–Crippen MR) is 93.4 cm³/mol. The Morgan fingerprint density at radius 3 is 2.60 bits per heavy atom. The number of nitrogens with one attached hydrogen (secondary N) is 1. The number of benzene rings is 2. The van der Waals surface area contributed by atoms with E-state index in [-0.39, 0.29) is 4.90 Å². The van der Waals surface area contributed by atoms with Gasteiger partial charge in [-0.3, -0.25) is 9.36 Å². The summed E-state index contributed by atoms with van der Waals surface area (Å²) in [6.07, 6.45) is 1.09. The molecule has 1 unspecified atom stereocenters. The number of rotatable bonds is 4. The Morgan fingerprint density at radius 1 is 1.16 bits per heavy atom. The van der Waals surface area contributed by atoms with Gasteiger partial charge in [0.15, 0.2) is 15.4 Å². The van der Waals surface area contributed by atoms with Crippen molar-refractivity contribution in [2.45, 2.75) is 17.9 Å². The SMILES string of the molecule is CC(C(=O)Nc1cccc(S(C)(=O)=O)c1)n1c(=O)oc2ccccc21. The van der Waals surface area contributed by atoms with Gasteiger partial charge in [-0.1, -0.05) is 18.2 Å². The second kappa shape index (κ2) is 6.21. The number of sulfone groups is 1. The first-order valence-electron chi connectivity index (χ1n) is 7.48. The summed E-state index contributed by atoms with van der Waals surface area (Å²) in [4.78, 5) is 24.7. The molecule has 0 saturated carbocycles. The second-order valence-electron chi connectivity index (χ2n) is 5.67. The summed E-state index contributed by atoms with van der Waals surface area (Å²) < 4.78 is 29.6. The van der Waals surface area contributed by atoms with Gasteiger partial charge in [-0.2, -0.15) is 0 Å². The van der Waals surface area contributed by atoms with Crippen molar-refractivity contribution in [1.82, 2.24) is 4.57 Å². The van der Waals surface area contributed by atoms with E-state index in [1.807, 2.05) is 0 Å². The number of carbonyl (C=O) groups excluding carboxylic acids is 1. The molecule has 1 aromatic heterocycles. The van der Waals surface area contributed by atoms with Crippen molar-refractivity contribution >= 4 is 32.5 Å². The lowest BCUT2D eigenvalue weighted by molar-refractivity contribution is -0.118. The Bertz CT molecular complexity index is 1110. The molecule has 0 bridgehead atoms. The number of fused-ring (bicyclic) bond motifs is 1. The van der Waals surface area contributed by atoms with Crippen molar-refractivity contribution in [3.63, 3.8) is 0 Å². The third-order valence-electron chi connectivity index (χ3n) is 3.82. The van der Waals surface area contributed by atoms with Crippen LogP contribution in [0.1, 0.15) is 13.0 Å². The molecule has 7 nitrogen and oxygen atoms in total. The van der Waals surface area contributed by atoms with E-state index in [2.05, 4.69) is 5.32 Å². The lowest BCUT2D eigenvalue weighted by Gasteiger charge is -2.13. The maximum atomic E-state index is 12.5. The molecule has 0 aliphatic rings. The highest BCUT2D eigenvalue weighted by Crippen LogP contribution is 2.20. The van der Waals surface area contributed by atoms with Gasteiger partial charge in [0.2, 0.25) is 5.91 Å². The summed E-state index contributed by atoms with van der Waals surface area (Å²) in [5.41, 5.74) is 1.24. The Hall–Kier alpha value is -2.87. The minimum atomic E-state index is -3.38. The van der Waals surface area contributed by atoms with Crippen LogP contribution in [-0.2, 0) is 14.6 Å². The number of aromatic nitrogens is 1. The second-order valence-corrected chi connectivity index (χ2v) is 7.69. The lowest BCUT2D eigenvalue weighted by atomic mass is 10.2. The number of hydrogen-bond donors (Lipinski definition) is 1. The van der Waals surface area contributed by atoms with Crippen LogP contribution in [0.15, 0.2) is 62.6 Å². The van der Waals surface area contributed by atoms with E-state index in [9.17, 15) is 18.0 Å². The van der Waals surface area contributed by atoms with E-state index in [0.29, 0.717) is 16.8 Å². The Kier molecular flexibility index (Phi) is 4.22. The third-order valence-corrected chi connectivity index (χ3v) is 4.93. The third kappa shape index (κ3) is 3.34. The molecule has 3 aromatic rings. The highest BCUT2D eigenvalue weighted by Gasteiger charge is 2.21. The van der Waals surface area contributed by atoms with E-state index in [0.717, 1.165) is 6.26 Å². The van der Waals surface area contributed by atoms with Crippen LogP contribution in [0, 0.1) is 0 Å². The molecule has 1 heterocycles. The van der Waals surface area contributed by atoms with Crippen LogP contribution in [0.3, 0.4) is 0 Å². The molecule has 3 rings (SSSR count). The van der Waals surface area contributed by atoms with Crippen molar-refractivity contribution in [2.75, 3.05) is 11.6 Å². The van der Waals surface area contributed by atoms with Gasteiger partial charge in [0.05, 0.1) is 10.4 Å². The van der Waals surface area contributed by atoms with Gasteiger partial charge in [-0.25, -0.2) is 13.2 Å². The predicted octanol–water partition coefficient (Wildman–Crippen LogP) is 2.20. The molecule has 1 N–H and O–H groups in total. The van der Waals surface area contributed by atoms with E-state index >= 15 is 0 Å². The van der Waals surface area contributed by atoms with Gasteiger partial charge in [0.1, 0.15) is 6.04 Å². The zero-order chi connectivity index (χ0) is 18.2. The first kappa shape index (κ1) is 17.0. The lowest BCUT2D eigenvalue weighted by Crippen LogP contribution is -2.29. The van der Waals surface area contributed by atoms with Crippen LogP contribution in [0.4, 0.5) is 5.69 Å². The van der Waals surface area contributed by atoms with Crippen molar-refractivity contribution in [2.24, 2.45) is 0 Å². The average molecular weight is 360 g/mol. The molecular weight excluding hydrogens is 344 g/mol. The molecule has 0 aliphatic carbocycles. The summed E-state index contributed by atoms with van der Waals surface area (Å²) in [5.74, 6) is -1.09. The van der Waals surface area contributed by atoms with Gasteiger partial charge in [-0.15, -0.1) is 0 Å². The minimum Gasteiger partial charge on any atom is -0.408 e. The molecule has 1 atom stereocenters. The van der Waals surface area contributed by atoms with E-state index in [4.69, 9.17) is 4.42 Å². The Morgan fingerprint density at radius 2 is 1.88 bits per heavy atom. The van der Waals surface area contributed by atoms with Crippen LogP contribution < -0.4 is 11.1 Å². The van der Waals surface area contributed by atoms with Crippen molar-refractivity contribution in [3.05, 3.63) is 59.1 Å². The number of para-hydroxylation sites is 2. The van der Waals surface area contributed by atoms with Crippen LogP contribution in [0.5, 0.6) is 0 Å².